The maximum atomic E-state index is 11.1. The van der Waals surface area contributed by atoms with E-state index in [0.29, 0.717) is 0 Å². The number of ether oxygens (including phenoxy) is 2. The molecular formula is C18H31NaO14S2. The molecule has 17 heteroatoms. The summed E-state index contributed by atoms with van der Waals surface area (Å²) in [6, 6.07) is 0. The molecule has 0 aromatic rings. The molecule has 0 fully saturated rings. The number of carboxylic acid groups (broad SMARTS) is 2. The van der Waals surface area contributed by atoms with Crippen molar-refractivity contribution in [2.75, 3.05) is 25.7 Å². The van der Waals surface area contributed by atoms with Gasteiger partial charge in [0.2, 0.25) is 0 Å². The van der Waals surface area contributed by atoms with Crippen LogP contribution in [0.4, 0.5) is 0 Å². The van der Waals surface area contributed by atoms with Gasteiger partial charge in [-0.3, -0.25) is 23.7 Å². The molecule has 0 aliphatic carbocycles. The molecule has 200 valence electrons. The van der Waals surface area contributed by atoms with Gasteiger partial charge < -0.3 is 24.2 Å². The molecule has 0 saturated carbocycles. The predicted molar refractivity (Wildman–Crippen MR) is 114 cm³/mol. The van der Waals surface area contributed by atoms with E-state index in [1.807, 2.05) is 0 Å². The summed E-state index contributed by atoms with van der Waals surface area (Å²) >= 11 is 0. The van der Waals surface area contributed by atoms with Crippen molar-refractivity contribution in [3.63, 3.8) is 0 Å². The zero-order valence-corrected chi connectivity index (χ0v) is 23.5. The first-order valence-corrected chi connectivity index (χ1v) is 13.1. The molecule has 0 spiro atoms. The number of hydrogen-bond acceptors (Lipinski definition) is 11. The Kier molecular flexibility index (Phi) is 21.7. The van der Waals surface area contributed by atoms with Gasteiger partial charge in [0.1, 0.15) is 0 Å². The Bertz CT molecular complexity index is 870. The minimum atomic E-state index is -4.32. The molecule has 0 aromatic carbocycles. The van der Waals surface area contributed by atoms with Gasteiger partial charge >= 0.3 is 53.4 Å². The maximum absolute atomic E-state index is 11.1. The summed E-state index contributed by atoms with van der Waals surface area (Å²) in [5.74, 6) is -5.20. The summed E-state index contributed by atoms with van der Waals surface area (Å²) in [7, 11) is -6.01. The van der Waals surface area contributed by atoms with Gasteiger partial charge in [-0.25, -0.2) is 8.42 Å². The second kappa shape index (κ2) is 19.8. The van der Waals surface area contributed by atoms with Crippen molar-refractivity contribution in [2.45, 2.75) is 51.4 Å². The molecule has 0 aliphatic rings. The number of esters is 2. The summed E-state index contributed by atoms with van der Waals surface area (Å²) in [5, 5.41) is 16.9. The summed E-state index contributed by atoms with van der Waals surface area (Å²) in [6.07, 6.45) is -0.156. The number of methoxy groups -OCH3 is 2. The first-order valence-electron chi connectivity index (χ1n) is 9.95. The fraction of sp³-hybridized carbons (Fsp3) is 0.778. The summed E-state index contributed by atoms with van der Waals surface area (Å²) in [4.78, 5) is 42.7. The average molecular weight is 559 g/mol. The van der Waals surface area contributed by atoms with Crippen LogP contribution in [0.25, 0.3) is 0 Å². The van der Waals surface area contributed by atoms with Crippen molar-refractivity contribution in [1.29, 1.82) is 0 Å². The largest absolute Gasteiger partial charge is 1.00 e. The van der Waals surface area contributed by atoms with Gasteiger partial charge in [0, 0.05) is 31.4 Å². The molecule has 2 atom stereocenters. The molecule has 0 saturated heterocycles. The van der Waals surface area contributed by atoms with E-state index in [1.54, 1.807) is 0 Å². The van der Waals surface area contributed by atoms with Crippen LogP contribution >= 0.6 is 0 Å². The minimum Gasteiger partial charge on any atom is -0.748 e. The van der Waals surface area contributed by atoms with Crippen molar-refractivity contribution in [3.05, 3.63) is 0 Å². The number of carbonyl (C=O) groups is 4. The normalized spacial score (nSPS) is 12.7. The quantitative estimate of drug-likeness (QED) is 0.0991. The third-order valence-electron chi connectivity index (χ3n) is 4.46. The van der Waals surface area contributed by atoms with Crippen molar-refractivity contribution in [3.8, 4) is 0 Å². The Morgan fingerprint density at radius 3 is 1.60 bits per heavy atom. The average Bonchev–Trinajstić information content (AvgIpc) is 2.70. The molecule has 0 rings (SSSR count). The Morgan fingerprint density at radius 1 is 0.743 bits per heavy atom. The van der Waals surface area contributed by atoms with Crippen molar-refractivity contribution in [1.82, 2.24) is 0 Å². The molecule has 0 amide bonds. The fourth-order valence-corrected chi connectivity index (χ4v) is 3.89. The topological polar surface area (TPSA) is 239 Å². The second-order valence-corrected chi connectivity index (χ2v) is 10.4. The van der Waals surface area contributed by atoms with Crippen LogP contribution in [0.1, 0.15) is 51.4 Å². The molecule has 0 bridgehead atoms. The third-order valence-corrected chi connectivity index (χ3v) is 5.94. The standard InChI is InChI=1S/C10H18O7S.C8H14O7S.Na/c1-16-9(11)4-3-8(7-10(12)17-2)5-6-18(13,14)15;9-7(10)2-1-6(5-8(11)12)3-4-16(13,14)15;/h8H,3-7H2,1-2H3,(H,13,14,15);6H,1-5H2,(H,9,10)(H,11,12)(H,13,14,15);/q;;+1/p-1. The molecule has 0 aliphatic heterocycles. The van der Waals surface area contributed by atoms with E-state index < -0.39 is 61.5 Å². The van der Waals surface area contributed by atoms with E-state index in [2.05, 4.69) is 9.47 Å². The number of hydrogen-bond donors (Lipinski definition) is 3. The van der Waals surface area contributed by atoms with E-state index >= 15 is 0 Å². The summed E-state index contributed by atoms with van der Waals surface area (Å²) < 4.78 is 69.9. The van der Waals surface area contributed by atoms with Gasteiger partial charge in [-0.05, 0) is 37.5 Å². The first kappa shape index (κ1) is 38.2. The molecule has 0 heterocycles. The van der Waals surface area contributed by atoms with Crippen LogP contribution in [0.2, 0.25) is 0 Å². The van der Waals surface area contributed by atoms with E-state index in [9.17, 15) is 40.6 Å². The Hall–Kier alpha value is -1.30. The number of rotatable bonds is 16. The van der Waals surface area contributed by atoms with Gasteiger partial charge in [-0.1, -0.05) is 0 Å². The molecule has 3 N–H and O–H groups in total. The van der Waals surface area contributed by atoms with Crippen LogP contribution in [0.15, 0.2) is 0 Å². The van der Waals surface area contributed by atoms with E-state index in [0.717, 1.165) is 0 Å². The first-order chi connectivity index (χ1) is 15.5. The zero-order chi connectivity index (χ0) is 26.9. The van der Waals surface area contributed by atoms with Gasteiger partial charge in [-0.15, -0.1) is 0 Å². The van der Waals surface area contributed by atoms with Crippen LogP contribution in [-0.4, -0.2) is 85.8 Å². The van der Waals surface area contributed by atoms with Gasteiger partial charge in [0.15, 0.2) is 0 Å². The van der Waals surface area contributed by atoms with Crippen LogP contribution in [0.5, 0.6) is 0 Å². The van der Waals surface area contributed by atoms with Gasteiger partial charge in [0.25, 0.3) is 10.1 Å². The second-order valence-electron chi connectivity index (χ2n) is 7.28. The van der Waals surface area contributed by atoms with Gasteiger partial charge in [-0.2, -0.15) is 8.42 Å². The van der Waals surface area contributed by atoms with Crippen LogP contribution in [0.3, 0.4) is 0 Å². The number of aliphatic carboxylic acids is 2. The van der Waals surface area contributed by atoms with Crippen LogP contribution in [-0.2, 0) is 48.9 Å². The monoisotopic (exact) mass is 558 g/mol. The SMILES string of the molecule is COC(=O)CCC(CCS(=O)(=O)[O-])CC(=O)OC.O=C(O)CCC(CCS(=O)(=O)O)CC(=O)O.[Na+]. The van der Waals surface area contributed by atoms with E-state index in [-0.39, 0.29) is 86.8 Å². The van der Waals surface area contributed by atoms with Crippen molar-refractivity contribution in [2.24, 2.45) is 11.8 Å². The number of carbonyl (C=O) groups excluding carboxylic acids is 2. The smallest absolute Gasteiger partial charge is 0.748 e. The van der Waals surface area contributed by atoms with Gasteiger partial charge in [0.05, 0.1) is 30.1 Å². The molecule has 2 unspecified atom stereocenters. The molecular weight excluding hydrogens is 527 g/mol. The summed E-state index contributed by atoms with van der Waals surface area (Å²) in [6.45, 7) is 0. The van der Waals surface area contributed by atoms with Crippen LogP contribution < -0.4 is 29.6 Å². The van der Waals surface area contributed by atoms with Crippen molar-refractivity contribution >= 4 is 44.1 Å². The van der Waals surface area contributed by atoms with Crippen LogP contribution in [0, 0.1) is 11.8 Å². The Labute approximate surface area is 226 Å². The predicted octanol–water partition coefficient (Wildman–Crippen LogP) is -2.72. The zero-order valence-electron chi connectivity index (χ0n) is 19.9. The fourth-order valence-electron chi connectivity index (χ4n) is 2.64. The molecule has 14 nitrogen and oxygen atoms in total. The third kappa shape index (κ3) is 28.8. The van der Waals surface area contributed by atoms with E-state index in [1.165, 1.54) is 14.2 Å². The van der Waals surface area contributed by atoms with Crippen molar-refractivity contribution < 1.29 is 94.4 Å². The Balaban J connectivity index is -0.000000573. The molecule has 0 aromatic heterocycles. The molecule has 35 heavy (non-hydrogen) atoms. The summed E-state index contributed by atoms with van der Waals surface area (Å²) in [5.41, 5.74) is 0. The Morgan fingerprint density at radius 2 is 1.20 bits per heavy atom. The minimum absolute atomic E-state index is 0. The number of carboxylic acids is 2. The van der Waals surface area contributed by atoms with E-state index in [4.69, 9.17) is 14.8 Å². The maximum Gasteiger partial charge on any atom is 1.00 e. The molecule has 0 radical (unpaired) electrons.